The second-order valence-electron chi connectivity index (χ2n) is 3.64. The highest BCUT2D eigenvalue weighted by atomic mass is 32.2. The Bertz CT molecular complexity index is 789. The summed E-state index contributed by atoms with van der Waals surface area (Å²) in [5.74, 6) is -1.15. The summed E-state index contributed by atoms with van der Waals surface area (Å²) in [5.41, 5.74) is -0.273. The number of thioether (sulfide) groups is 1. The number of hydrogen-bond acceptors (Lipinski definition) is 9. The molecule has 0 aromatic carbocycles. The predicted molar refractivity (Wildman–Crippen MR) is 79.3 cm³/mol. The van der Waals surface area contributed by atoms with E-state index in [1.807, 2.05) is 0 Å². The average Bonchev–Trinajstić information content (AvgIpc) is 3.13. The van der Waals surface area contributed by atoms with Crippen molar-refractivity contribution in [2.75, 3.05) is 11.6 Å². The maximum absolute atomic E-state index is 11.9. The lowest BCUT2D eigenvalue weighted by Crippen LogP contribution is -2.13. The van der Waals surface area contributed by atoms with Crippen LogP contribution in [0.1, 0.15) is 5.76 Å². The molecule has 2 rings (SSSR count). The highest BCUT2D eigenvalue weighted by Crippen LogP contribution is 2.20. The van der Waals surface area contributed by atoms with Gasteiger partial charge in [0, 0.05) is 17.6 Å². The van der Waals surface area contributed by atoms with Gasteiger partial charge < -0.3 is 4.42 Å². The van der Waals surface area contributed by atoms with Crippen LogP contribution in [0.15, 0.2) is 27.3 Å². The Hall–Kier alpha value is -2.71. The summed E-state index contributed by atoms with van der Waals surface area (Å²) < 4.78 is 8.83. The smallest absolute Gasteiger partial charge is 0.401 e. The zero-order chi connectivity index (χ0) is 16.1. The largest absolute Gasteiger partial charge is 0.433 e. The summed E-state index contributed by atoms with van der Waals surface area (Å²) in [6.45, 7) is 0. The Labute approximate surface area is 132 Å². The fourth-order valence-electron chi connectivity index (χ4n) is 1.32. The first kappa shape index (κ1) is 15.7. The fourth-order valence-corrected chi connectivity index (χ4v) is 2.44. The molecule has 0 spiro atoms. The van der Waals surface area contributed by atoms with Crippen molar-refractivity contribution in [3.05, 3.63) is 33.6 Å². The molecule has 22 heavy (non-hydrogen) atoms. The van der Waals surface area contributed by atoms with E-state index in [0.29, 0.717) is 5.16 Å². The zero-order valence-electron chi connectivity index (χ0n) is 11.0. The summed E-state index contributed by atoms with van der Waals surface area (Å²) in [6, 6.07) is 4.12. The van der Waals surface area contributed by atoms with Crippen molar-refractivity contribution in [3.8, 4) is 6.07 Å². The molecule has 112 valence electrons. The molecule has 0 aliphatic rings. The van der Waals surface area contributed by atoms with Crippen LogP contribution in [0, 0.1) is 21.4 Å². The lowest BCUT2D eigenvalue weighted by Gasteiger charge is -1.98. The van der Waals surface area contributed by atoms with Crippen LogP contribution in [-0.2, 0) is 4.79 Å². The first-order valence-electron chi connectivity index (χ1n) is 5.58. The maximum atomic E-state index is 11.9. The number of nitrogens with one attached hydrogen (secondary N) is 1. The monoisotopic (exact) mass is 337 g/mol. The minimum Gasteiger partial charge on any atom is -0.401 e. The van der Waals surface area contributed by atoms with Crippen molar-refractivity contribution in [2.24, 2.45) is 0 Å². The van der Waals surface area contributed by atoms with Gasteiger partial charge in [-0.1, -0.05) is 11.8 Å². The van der Waals surface area contributed by atoms with Gasteiger partial charge in [0.05, 0.1) is 6.07 Å². The van der Waals surface area contributed by atoms with Crippen LogP contribution < -0.4 is 5.32 Å². The van der Waals surface area contributed by atoms with Crippen molar-refractivity contribution in [1.29, 1.82) is 5.26 Å². The SMILES string of the molecule is CSc1nsc(NC(=O)/C(C#N)=C\c2ccc([N+](=O)[O-])o2)n1. The van der Waals surface area contributed by atoms with Gasteiger partial charge in [0.2, 0.25) is 10.3 Å². The first-order valence-corrected chi connectivity index (χ1v) is 7.58. The van der Waals surface area contributed by atoms with Gasteiger partial charge in [-0.3, -0.25) is 20.2 Å². The van der Waals surface area contributed by atoms with E-state index in [9.17, 15) is 14.9 Å². The lowest BCUT2D eigenvalue weighted by atomic mass is 10.2. The number of anilines is 1. The predicted octanol–water partition coefficient (Wildman–Crippen LogP) is 2.31. The number of carbonyl (C=O) groups is 1. The summed E-state index contributed by atoms with van der Waals surface area (Å²) in [6.07, 6.45) is 2.90. The van der Waals surface area contributed by atoms with Crippen molar-refractivity contribution in [1.82, 2.24) is 9.36 Å². The van der Waals surface area contributed by atoms with E-state index in [2.05, 4.69) is 14.7 Å². The topological polar surface area (TPSA) is 135 Å². The van der Waals surface area contributed by atoms with Crippen LogP contribution in [0.4, 0.5) is 11.0 Å². The molecule has 9 nitrogen and oxygen atoms in total. The van der Waals surface area contributed by atoms with Crippen molar-refractivity contribution in [2.45, 2.75) is 5.16 Å². The molecule has 2 heterocycles. The van der Waals surface area contributed by atoms with Gasteiger partial charge in [-0.15, -0.1) is 0 Å². The van der Waals surface area contributed by atoms with Gasteiger partial charge in [0.25, 0.3) is 5.91 Å². The number of furan rings is 1. The molecule has 0 bridgehead atoms. The van der Waals surface area contributed by atoms with E-state index in [1.165, 1.54) is 17.8 Å². The van der Waals surface area contributed by atoms with Crippen LogP contribution in [0.2, 0.25) is 0 Å². The molecule has 0 fully saturated rings. The number of amides is 1. The average molecular weight is 337 g/mol. The molecular weight excluding hydrogens is 330 g/mol. The number of nitrogens with zero attached hydrogens (tertiary/aromatic N) is 4. The zero-order valence-corrected chi connectivity index (χ0v) is 12.6. The van der Waals surface area contributed by atoms with Crippen LogP contribution in [0.3, 0.4) is 0 Å². The number of nitriles is 1. The van der Waals surface area contributed by atoms with Crippen LogP contribution in [-0.4, -0.2) is 26.4 Å². The first-order chi connectivity index (χ1) is 10.5. The standard InChI is InChI=1S/C11H7N5O4S2/c1-21-11-14-10(22-15-11)13-9(17)6(5-12)4-7-2-3-8(20-7)16(18)19/h2-4H,1H3,(H,13,14,15,17)/b6-4-. The molecule has 1 amide bonds. The van der Waals surface area contributed by atoms with E-state index < -0.39 is 16.7 Å². The van der Waals surface area contributed by atoms with Gasteiger partial charge in [-0.05, 0) is 12.3 Å². The third-order valence-electron chi connectivity index (χ3n) is 2.25. The molecule has 2 aromatic heterocycles. The van der Waals surface area contributed by atoms with Gasteiger partial charge >= 0.3 is 5.88 Å². The quantitative estimate of drug-likeness (QED) is 0.289. The third-order valence-corrected chi connectivity index (χ3v) is 3.55. The molecule has 0 aliphatic carbocycles. The van der Waals surface area contributed by atoms with E-state index in [-0.39, 0.29) is 16.5 Å². The van der Waals surface area contributed by atoms with E-state index in [4.69, 9.17) is 9.68 Å². The van der Waals surface area contributed by atoms with Crippen LogP contribution in [0.25, 0.3) is 6.08 Å². The summed E-state index contributed by atoms with van der Waals surface area (Å²) in [5, 5.41) is 22.7. The van der Waals surface area contributed by atoms with E-state index >= 15 is 0 Å². The molecule has 0 radical (unpaired) electrons. The molecule has 0 aliphatic heterocycles. The molecule has 0 unspecified atom stereocenters. The Balaban J connectivity index is 2.15. The Kier molecular flexibility index (Phi) is 4.87. The van der Waals surface area contributed by atoms with E-state index in [1.54, 1.807) is 12.3 Å². The Morgan fingerprint density at radius 1 is 1.64 bits per heavy atom. The fraction of sp³-hybridized carbons (Fsp3) is 0.0909. The van der Waals surface area contributed by atoms with E-state index in [0.717, 1.165) is 23.7 Å². The molecule has 11 heteroatoms. The minimum atomic E-state index is -0.714. The number of nitro groups is 1. The molecular formula is C11H7N5O4S2. The summed E-state index contributed by atoms with van der Waals surface area (Å²) >= 11 is 2.30. The van der Waals surface area contributed by atoms with Gasteiger partial charge in [-0.2, -0.15) is 14.6 Å². The van der Waals surface area contributed by atoms with Gasteiger partial charge in [-0.25, -0.2) is 0 Å². The second-order valence-corrected chi connectivity index (χ2v) is 5.17. The van der Waals surface area contributed by atoms with Gasteiger partial charge in [0.15, 0.2) is 0 Å². The normalized spacial score (nSPS) is 11.0. The van der Waals surface area contributed by atoms with Crippen molar-refractivity contribution >= 4 is 46.3 Å². The summed E-state index contributed by atoms with van der Waals surface area (Å²) in [7, 11) is 0. The number of aromatic nitrogens is 2. The van der Waals surface area contributed by atoms with Crippen LogP contribution in [0.5, 0.6) is 0 Å². The molecule has 0 saturated heterocycles. The molecule has 0 atom stereocenters. The van der Waals surface area contributed by atoms with Crippen LogP contribution >= 0.6 is 23.3 Å². The Morgan fingerprint density at radius 2 is 2.41 bits per heavy atom. The lowest BCUT2D eigenvalue weighted by molar-refractivity contribution is -0.402. The Morgan fingerprint density at radius 3 is 2.95 bits per heavy atom. The van der Waals surface area contributed by atoms with Crippen molar-refractivity contribution < 1.29 is 14.1 Å². The summed E-state index contributed by atoms with van der Waals surface area (Å²) in [4.78, 5) is 25.7. The maximum Gasteiger partial charge on any atom is 0.433 e. The van der Waals surface area contributed by atoms with Gasteiger partial charge in [0.1, 0.15) is 22.3 Å². The third kappa shape index (κ3) is 3.68. The number of carbonyl (C=O) groups excluding carboxylic acids is 1. The molecule has 0 saturated carbocycles. The highest BCUT2D eigenvalue weighted by Gasteiger charge is 2.15. The van der Waals surface area contributed by atoms with Crippen molar-refractivity contribution in [3.63, 3.8) is 0 Å². The highest BCUT2D eigenvalue weighted by molar-refractivity contribution is 7.98. The number of hydrogen-bond donors (Lipinski definition) is 1. The minimum absolute atomic E-state index is 0.0282. The second kappa shape index (κ2) is 6.83. The molecule has 1 N–H and O–H groups in total. The molecule has 2 aromatic rings. The number of rotatable bonds is 5.